The molecule has 7 heteroatoms. The van der Waals surface area contributed by atoms with E-state index in [2.05, 4.69) is 26.8 Å². The molecule has 4 aliphatic carbocycles. The maximum absolute atomic E-state index is 12.7. The monoisotopic (exact) mass is 534 g/mol. The molecular formula is C31H50O7. The van der Waals surface area contributed by atoms with Crippen molar-refractivity contribution in [2.45, 2.75) is 104 Å². The molecule has 38 heavy (non-hydrogen) atoms. The minimum Gasteiger partial charge on any atom is -0.481 e. The molecule has 0 aromatic carbocycles. The van der Waals surface area contributed by atoms with E-state index in [1.807, 2.05) is 0 Å². The quantitative estimate of drug-likeness (QED) is 0.275. The molecule has 4 rings (SSSR count). The molecule has 4 N–H and O–H groups in total. The number of allylic oxidation sites excluding steroid dienone is 2. The van der Waals surface area contributed by atoms with Crippen LogP contribution in [0.25, 0.3) is 0 Å². The number of fused-ring (bicyclic) bond motifs is 3. The Kier molecular flexibility index (Phi) is 7.92. The van der Waals surface area contributed by atoms with Crippen LogP contribution in [0.2, 0.25) is 0 Å². The first-order valence-electron chi connectivity index (χ1n) is 14.7. The summed E-state index contributed by atoms with van der Waals surface area (Å²) in [4.78, 5) is 25.1. The smallest absolute Gasteiger partial charge is 0.310 e. The van der Waals surface area contributed by atoms with Gasteiger partial charge in [0.1, 0.15) is 0 Å². The first-order valence-corrected chi connectivity index (χ1v) is 14.7. The first-order chi connectivity index (χ1) is 17.8. The molecule has 0 heterocycles. The standard InChI is InChI=1S/C31H50O7/c1-20-21-8-13-30(26(35)36)16-15-27(2,18-32)17-23(30)22(21)9-14-31(20)11-6-7-24(29(4,37)19-33)28(31,3)12-10-25(34)38-5/h9,20-21,23-24,32-33,37H,6-8,10-19H2,1-5H3,(H,35,36)/t20-,21?,23?,24?,27-,28+,29?,30-,31?/m1/s1. The number of carboxylic acids is 1. The predicted octanol–water partition coefficient (Wildman–Crippen LogP) is 4.72. The van der Waals surface area contributed by atoms with E-state index in [-0.39, 0.29) is 60.1 Å². The summed E-state index contributed by atoms with van der Waals surface area (Å²) in [6.45, 7) is 8.08. The van der Waals surface area contributed by atoms with Crippen molar-refractivity contribution in [3.05, 3.63) is 11.6 Å². The number of methoxy groups -OCH3 is 1. The topological polar surface area (TPSA) is 124 Å². The molecule has 0 aromatic heterocycles. The SMILES string of the molecule is COC(=O)CC[C@@]1(C)C(C(C)(O)CO)CCCC12CC=C1C(CC[C@@]3(C(=O)O)CC[C@@](C)(CO)CC13)[C@H]2C. The van der Waals surface area contributed by atoms with E-state index in [9.17, 15) is 30.0 Å². The number of hydrogen-bond acceptors (Lipinski definition) is 6. The Morgan fingerprint density at radius 1 is 1.13 bits per heavy atom. The van der Waals surface area contributed by atoms with Crippen LogP contribution in [0.3, 0.4) is 0 Å². The van der Waals surface area contributed by atoms with Crippen LogP contribution < -0.4 is 0 Å². The molecule has 0 radical (unpaired) electrons. The predicted molar refractivity (Wildman–Crippen MR) is 144 cm³/mol. The third kappa shape index (κ3) is 4.35. The van der Waals surface area contributed by atoms with Gasteiger partial charge in [0.25, 0.3) is 0 Å². The molecule has 5 unspecified atom stereocenters. The molecule has 0 saturated heterocycles. The maximum Gasteiger partial charge on any atom is 0.310 e. The zero-order chi connectivity index (χ0) is 28.1. The van der Waals surface area contributed by atoms with Gasteiger partial charge in [0.05, 0.1) is 24.7 Å². The molecule has 3 fully saturated rings. The Morgan fingerprint density at radius 3 is 2.45 bits per heavy atom. The van der Waals surface area contributed by atoms with E-state index in [0.717, 1.165) is 38.5 Å². The maximum atomic E-state index is 12.7. The second-order valence-corrected chi connectivity index (χ2v) is 14.1. The molecular weight excluding hydrogens is 484 g/mol. The van der Waals surface area contributed by atoms with Gasteiger partial charge in [-0.1, -0.05) is 38.8 Å². The van der Waals surface area contributed by atoms with Gasteiger partial charge in [-0.2, -0.15) is 0 Å². The fourth-order valence-corrected chi connectivity index (χ4v) is 9.92. The molecule has 0 aliphatic heterocycles. The summed E-state index contributed by atoms with van der Waals surface area (Å²) in [5.74, 6) is -0.748. The van der Waals surface area contributed by atoms with Gasteiger partial charge in [-0.05, 0) is 105 Å². The van der Waals surface area contributed by atoms with Gasteiger partial charge >= 0.3 is 11.9 Å². The van der Waals surface area contributed by atoms with E-state index in [0.29, 0.717) is 25.7 Å². The molecule has 4 aliphatic rings. The zero-order valence-electron chi connectivity index (χ0n) is 24.1. The Labute approximate surface area is 228 Å². The van der Waals surface area contributed by atoms with Crippen LogP contribution in [0, 0.1) is 45.3 Å². The number of carboxylic acid groups (broad SMARTS) is 1. The lowest BCUT2D eigenvalue weighted by Crippen LogP contribution is -2.61. The van der Waals surface area contributed by atoms with Crippen molar-refractivity contribution < 1.29 is 34.8 Å². The summed E-state index contributed by atoms with van der Waals surface area (Å²) in [5, 5.41) is 42.2. The lowest BCUT2D eigenvalue weighted by Gasteiger charge is -2.66. The van der Waals surface area contributed by atoms with Crippen LogP contribution in [0.15, 0.2) is 11.6 Å². The van der Waals surface area contributed by atoms with Crippen molar-refractivity contribution in [1.29, 1.82) is 0 Å². The third-order valence-electron chi connectivity index (χ3n) is 12.4. The number of aliphatic carboxylic acids is 1. The van der Waals surface area contributed by atoms with E-state index in [1.165, 1.54) is 12.7 Å². The third-order valence-corrected chi connectivity index (χ3v) is 12.4. The number of carbonyl (C=O) groups is 2. The molecule has 3 saturated carbocycles. The molecule has 0 aromatic rings. The van der Waals surface area contributed by atoms with Crippen LogP contribution in [0.5, 0.6) is 0 Å². The van der Waals surface area contributed by atoms with E-state index in [4.69, 9.17) is 4.74 Å². The Bertz CT molecular complexity index is 958. The van der Waals surface area contributed by atoms with Crippen molar-refractivity contribution in [2.24, 2.45) is 45.3 Å². The lowest BCUT2D eigenvalue weighted by atomic mass is 9.39. The van der Waals surface area contributed by atoms with E-state index in [1.54, 1.807) is 6.92 Å². The van der Waals surface area contributed by atoms with Gasteiger partial charge in [0.15, 0.2) is 0 Å². The minimum atomic E-state index is -1.26. The normalized spacial score (nSPS) is 44.4. The average molecular weight is 535 g/mol. The lowest BCUT2D eigenvalue weighted by molar-refractivity contribution is -0.190. The van der Waals surface area contributed by atoms with Crippen molar-refractivity contribution in [2.75, 3.05) is 20.3 Å². The molecule has 9 atom stereocenters. The number of aliphatic hydroxyl groups is 3. The Morgan fingerprint density at radius 2 is 1.84 bits per heavy atom. The van der Waals surface area contributed by atoms with E-state index >= 15 is 0 Å². The highest BCUT2D eigenvalue weighted by Crippen LogP contribution is 2.70. The highest BCUT2D eigenvalue weighted by molar-refractivity contribution is 5.76. The van der Waals surface area contributed by atoms with Crippen molar-refractivity contribution >= 4 is 11.9 Å². The minimum absolute atomic E-state index is 0.0696. The second kappa shape index (κ2) is 10.2. The molecule has 1 spiro atoms. The van der Waals surface area contributed by atoms with Crippen LogP contribution >= 0.6 is 0 Å². The molecule has 0 bridgehead atoms. The van der Waals surface area contributed by atoms with Gasteiger partial charge in [0.2, 0.25) is 0 Å². The van der Waals surface area contributed by atoms with Crippen molar-refractivity contribution in [3.63, 3.8) is 0 Å². The van der Waals surface area contributed by atoms with Crippen LogP contribution in [0.1, 0.15) is 98.3 Å². The fraction of sp³-hybridized carbons (Fsp3) is 0.871. The number of rotatable bonds is 7. The average Bonchev–Trinajstić information content (AvgIpc) is 2.90. The number of hydrogen-bond donors (Lipinski definition) is 4. The summed E-state index contributed by atoms with van der Waals surface area (Å²) in [5.41, 5.74) is -1.63. The first kappa shape index (κ1) is 29.5. The van der Waals surface area contributed by atoms with Crippen molar-refractivity contribution in [3.8, 4) is 0 Å². The van der Waals surface area contributed by atoms with Crippen molar-refractivity contribution in [1.82, 2.24) is 0 Å². The molecule has 7 nitrogen and oxygen atoms in total. The van der Waals surface area contributed by atoms with E-state index < -0.39 is 22.4 Å². The number of esters is 1. The highest BCUT2D eigenvalue weighted by atomic mass is 16.5. The molecule has 216 valence electrons. The molecule has 0 amide bonds. The van der Waals surface area contributed by atoms with Gasteiger partial charge in [-0.25, -0.2) is 0 Å². The second-order valence-electron chi connectivity index (χ2n) is 14.1. The van der Waals surface area contributed by atoms with Crippen LogP contribution in [-0.2, 0) is 14.3 Å². The largest absolute Gasteiger partial charge is 0.481 e. The van der Waals surface area contributed by atoms with Gasteiger partial charge in [-0.3, -0.25) is 9.59 Å². The summed E-state index contributed by atoms with van der Waals surface area (Å²) >= 11 is 0. The summed E-state index contributed by atoms with van der Waals surface area (Å²) in [6.07, 6.45) is 10.2. The van der Waals surface area contributed by atoms with Crippen LogP contribution in [0.4, 0.5) is 0 Å². The Balaban J connectivity index is 1.79. The zero-order valence-corrected chi connectivity index (χ0v) is 24.1. The van der Waals surface area contributed by atoms with Gasteiger partial charge in [-0.15, -0.1) is 0 Å². The van der Waals surface area contributed by atoms with Crippen LogP contribution in [-0.4, -0.2) is 58.3 Å². The van der Waals surface area contributed by atoms with Gasteiger partial charge < -0.3 is 25.2 Å². The summed E-state index contributed by atoms with van der Waals surface area (Å²) < 4.78 is 5.01. The number of ether oxygens (including phenoxy) is 1. The summed E-state index contributed by atoms with van der Waals surface area (Å²) in [7, 11) is 1.40. The Hall–Kier alpha value is -1.44. The number of aliphatic hydroxyl groups excluding tert-OH is 2. The number of carbonyl (C=O) groups excluding carboxylic acids is 1. The highest BCUT2D eigenvalue weighted by Gasteiger charge is 2.64. The summed E-state index contributed by atoms with van der Waals surface area (Å²) in [6, 6.07) is 0. The fourth-order valence-electron chi connectivity index (χ4n) is 9.92. The van der Waals surface area contributed by atoms with Gasteiger partial charge in [0, 0.05) is 13.0 Å².